The fraction of sp³-hybridized carbons (Fsp3) is 1.00. The molecule has 0 unspecified atom stereocenters. The van der Waals surface area contributed by atoms with Crippen LogP contribution in [0, 0.1) is 5.92 Å². The van der Waals surface area contributed by atoms with E-state index in [1.165, 1.54) is 57.9 Å². The van der Waals surface area contributed by atoms with Gasteiger partial charge in [0.15, 0.2) is 0 Å². The normalized spacial score (nSPS) is 17.8. The van der Waals surface area contributed by atoms with E-state index in [1.54, 1.807) is 0 Å². The van der Waals surface area contributed by atoms with Gasteiger partial charge >= 0.3 is 0 Å². The Morgan fingerprint density at radius 3 is 2.53 bits per heavy atom. The van der Waals surface area contributed by atoms with Gasteiger partial charge in [-0.05, 0) is 51.1 Å². The minimum atomic E-state index is 0.586. The van der Waals surface area contributed by atoms with Gasteiger partial charge < -0.3 is 10.1 Å². The lowest BCUT2D eigenvalue weighted by molar-refractivity contribution is 0.0263. The molecule has 2 heteroatoms. The molecular weight excluding hydrogens is 210 g/mol. The number of hydrogen-bond donors (Lipinski definition) is 1. The zero-order valence-corrected chi connectivity index (χ0v) is 11.8. The Labute approximate surface area is 108 Å². The third-order valence-electron chi connectivity index (χ3n) is 3.46. The maximum atomic E-state index is 5.91. The van der Waals surface area contributed by atoms with Crippen LogP contribution in [0.2, 0.25) is 0 Å². The first-order chi connectivity index (χ1) is 8.29. The fourth-order valence-electron chi connectivity index (χ4n) is 2.40. The van der Waals surface area contributed by atoms with Crippen molar-refractivity contribution in [2.24, 2.45) is 5.92 Å². The quantitative estimate of drug-likeness (QED) is 0.621. The largest absolute Gasteiger partial charge is 0.378 e. The second-order valence-corrected chi connectivity index (χ2v) is 5.79. The minimum Gasteiger partial charge on any atom is -0.378 e. The van der Waals surface area contributed by atoms with Crippen LogP contribution in [0.25, 0.3) is 0 Å². The predicted octanol–water partition coefficient (Wildman–Crippen LogP) is 3.75. The molecule has 1 rings (SSSR count). The first-order valence-electron chi connectivity index (χ1n) is 7.61. The molecule has 0 saturated heterocycles. The lowest BCUT2D eigenvalue weighted by atomic mass is 9.98. The van der Waals surface area contributed by atoms with Crippen LogP contribution in [-0.4, -0.2) is 25.8 Å². The lowest BCUT2D eigenvalue weighted by Gasteiger charge is -2.21. The van der Waals surface area contributed by atoms with Gasteiger partial charge in [0.25, 0.3) is 0 Å². The summed E-state index contributed by atoms with van der Waals surface area (Å²) in [6.45, 7) is 7.81. The van der Waals surface area contributed by atoms with E-state index in [9.17, 15) is 0 Å². The number of hydrogen-bond acceptors (Lipinski definition) is 2. The van der Waals surface area contributed by atoms with Gasteiger partial charge in [0.1, 0.15) is 0 Å². The van der Waals surface area contributed by atoms with E-state index in [0.717, 1.165) is 19.1 Å². The van der Waals surface area contributed by atoms with Crippen molar-refractivity contribution in [2.75, 3.05) is 19.7 Å². The molecule has 1 saturated carbocycles. The number of ether oxygens (including phenoxy) is 1. The molecule has 0 aromatic rings. The van der Waals surface area contributed by atoms with Gasteiger partial charge in [-0.25, -0.2) is 0 Å². The average Bonchev–Trinajstić information content (AvgIpc) is 2.33. The molecule has 0 aromatic heterocycles. The van der Waals surface area contributed by atoms with E-state index >= 15 is 0 Å². The second-order valence-electron chi connectivity index (χ2n) is 5.79. The fourth-order valence-corrected chi connectivity index (χ4v) is 2.40. The summed E-state index contributed by atoms with van der Waals surface area (Å²) in [5.74, 6) is 0.768. The van der Waals surface area contributed by atoms with E-state index in [0.29, 0.717) is 6.10 Å². The average molecular weight is 241 g/mol. The van der Waals surface area contributed by atoms with E-state index in [2.05, 4.69) is 19.2 Å². The van der Waals surface area contributed by atoms with Gasteiger partial charge in [0, 0.05) is 6.61 Å². The summed E-state index contributed by atoms with van der Waals surface area (Å²) in [6.07, 6.45) is 11.2. The SMILES string of the molecule is CC(C)CNCCCCCOC1CCCCC1. The van der Waals surface area contributed by atoms with Gasteiger partial charge in [-0.15, -0.1) is 0 Å². The van der Waals surface area contributed by atoms with E-state index in [4.69, 9.17) is 4.74 Å². The van der Waals surface area contributed by atoms with Gasteiger partial charge in [0.2, 0.25) is 0 Å². The maximum Gasteiger partial charge on any atom is 0.0575 e. The summed E-state index contributed by atoms with van der Waals surface area (Å²) in [7, 11) is 0. The van der Waals surface area contributed by atoms with Crippen LogP contribution in [-0.2, 0) is 4.74 Å². The predicted molar refractivity (Wildman–Crippen MR) is 74.4 cm³/mol. The molecule has 1 aliphatic rings. The van der Waals surface area contributed by atoms with Crippen LogP contribution >= 0.6 is 0 Å². The summed E-state index contributed by atoms with van der Waals surface area (Å²) >= 11 is 0. The van der Waals surface area contributed by atoms with Crippen molar-refractivity contribution >= 4 is 0 Å². The molecule has 0 bridgehead atoms. The highest BCUT2D eigenvalue weighted by atomic mass is 16.5. The van der Waals surface area contributed by atoms with Gasteiger partial charge in [-0.1, -0.05) is 33.1 Å². The summed E-state index contributed by atoms with van der Waals surface area (Å²) < 4.78 is 5.91. The third-order valence-corrected chi connectivity index (χ3v) is 3.46. The van der Waals surface area contributed by atoms with Gasteiger partial charge in [-0.2, -0.15) is 0 Å². The first kappa shape index (κ1) is 15.0. The Morgan fingerprint density at radius 1 is 1.06 bits per heavy atom. The molecule has 0 aliphatic heterocycles. The van der Waals surface area contributed by atoms with E-state index in [-0.39, 0.29) is 0 Å². The monoisotopic (exact) mass is 241 g/mol. The van der Waals surface area contributed by atoms with Crippen molar-refractivity contribution in [2.45, 2.75) is 71.3 Å². The van der Waals surface area contributed by atoms with Crippen LogP contribution in [0.15, 0.2) is 0 Å². The van der Waals surface area contributed by atoms with Crippen molar-refractivity contribution in [1.29, 1.82) is 0 Å². The summed E-state index contributed by atoms with van der Waals surface area (Å²) in [6, 6.07) is 0. The number of rotatable bonds is 9. The van der Waals surface area contributed by atoms with Crippen molar-refractivity contribution in [3.63, 3.8) is 0 Å². The Bertz CT molecular complexity index is 164. The molecular formula is C15H31NO. The highest BCUT2D eigenvalue weighted by Crippen LogP contribution is 2.20. The standard InChI is InChI=1S/C15H31NO/c1-14(2)13-16-11-7-4-8-12-17-15-9-5-3-6-10-15/h14-16H,3-13H2,1-2H3. The summed E-state index contributed by atoms with van der Waals surface area (Å²) in [4.78, 5) is 0. The van der Waals surface area contributed by atoms with Crippen molar-refractivity contribution < 1.29 is 4.74 Å². The summed E-state index contributed by atoms with van der Waals surface area (Å²) in [5, 5.41) is 3.48. The van der Waals surface area contributed by atoms with Gasteiger partial charge in [-0.3, -0.25) is 0 Å². The Balaban J connectivity index is 1.78. The molecule has 0 amide bonds. The van der Waals surface area contributed by atoms with Gasteiger partial charge in [0.05, 0.1) is 6.10 Å². The van der Waals surface area contributed by atoms with Crippen molar-refractivity contribution in [1.82, 2.24) is 5.32 Å². The molecule has 1 fully saturated rings. The molecule has 0 radical (unpaired) electrons. The zero-order valence-electron chi connectivity index (χ0n) is 11.8. The maximum absolute atomic E-state index is 5.91. The van der Waals surface area contributed by atoms with Crippen molar-refractivity contribution in [3.8, 4) is 0 Å². The Hall–Kier alpha value is -0.0800. The van der Waals surface area contributed by atoms with E-state index in [1.807, 2.05) is 0 Å². The highest BCUT2D eigenvalue weighted by molar-refractivity contribution is 4.64. The Kier molecular flexibility index (Phi) is 8.72. The first-order valence-corrected chi connectivity index (χ1v) is 7.61. The topological polar surface area (TPSA) is 21.3 Å². The van der Waals surface area contributed by atoms with Crippen LogP contribution in [0.3, 0.4) is 0 Å². The molecule has 1 N–H and O–H groups in total. The summed E-state index contributed by atoms with van der Waals surface area (Å²) in [5.41, 5.74) is 0. The highest BCUT2D eigenvalue weighted by Gasteiger charge is 2.12. The molecule has 0 aromatic carbocycles. The lowest BCUT2D eigenvalue weighted by Crippen LogP contribution is -2.21. The Morgan fingerprint density at radius 2 is 1.82 bits per heavy atom. The zero-order chi connectivity index (χ0) is 12.3. The van der Waals surface area contributed by atoms with Crippen molar-refractivity contribution in [3.05, 3.63) is 0 Å². The molecule has 17 heavy (non-hydrogen) atoms. The van der Waals surface area contributed by atoms with E-state index < -0.39 is 0 Å². The second kappa shape index (κ2) is 9.90. The molecule has 0 spiro atoms. The molecule has 102 valence electrons. The minimum absolute atomic E-state index is 0.586. The molecule has 0 heterocycles. The number of unbranched alkanes of at least 4 members (excludes halogenated alkanes) is 2. The molecule has 2 nitrogen and oxygen atoms in total. The van der Waals surface area contributed by atoms with Crippen LogP contribution in [0.5, 0.6) is 0 Å². The van der Waals surface area contributed by atoms with Crippen LogP contribution < -0.4 is 5.32 Å². The molecule has 1 aliphatic carbocycles. The van der Waals surface area contributed by atoms with Crippen LogP contribution in [0.4, 0.5) is 0 Å². The van der Waals surface area contributed by atoms with Crippen LogP contribution in [0.1, 0.15) is 65.2 Å². The number of nitrogens with one attached hydrogen (secondary N) is 1. The molecule has 0 atom stereocenters. The third kappa shape index (κ3) is 8.62. The smallest absolute Gasteiger partial charge is 0.0575 e.